The van der Waals surface area contributed by atoms with Crippen LogP contribution in [0.4, 0.5) is 0 Å². The molecule has 0 aliphatic rings. The van der Waals surface area contributed by atoms with Crippen molar-refractivity contribution in [2.45, 2.75) is 19.8 Å². The Labute approximate surface area is 89.3 Å². The summed E-state index contributed by atoms with van der Waals surface area (Å²) in [6.45, 7) is 2.07. The van der Waals surface area contributed by atoms with E-state index in [4.69, 9.17) is 16.1 Å². The van der Waals surface area contributed by atoms with Crippen LogP contribution in [0, 0.1) is 0 Å². The van der Waals surface area contributed by atoms with E-state index in [0.29, 0.717) is 5.89 Å². The maximum atomic E-state index is 5.55. The van der Waals surface area contributed by atoms with Gasteiger partial charge in [-0.1, -0.05) is 17.8 Å². The van der Waals surface area contributed by atoms with Crippen LogP contribution in [0.3, 0.4) is 0 Å². The number of hydrogen-bond donors (Lipinski definition) is 0. The van der Waals surface area contributed by atoms with Gasteiger partial charge in [0.15, 0.2) is 0 Å². The van der Waals surface area contributed by atoms with Gasteiger partial charge in [-0.3, -0.25) is 0 Å². The van der Waals surface area contributed by atoms with Crippen LogP contribution in [0.1, 0.15) is 19.0 Å². The molecule has 0 radical (unpaired) electrons. The van der Waals surface area contributed by atoms with Gasteiger partial charge in [-0.2, -0.15) is 4.98 Å². The van der Waals surface area contributed by atoms with E-state index in [-0.39, 0.29) is 5.28 Å². The monoisotopic (exact) mass is 230 g/mol. The predicted molar refractivity (Wildman–Crippen MR) is 52.2 cm³/mol. The van der Waals surface area contributed by atoms with Crippen molar-refractivity contribution in [2.75, 3.05) is 0 Å². The molecule has 0 N–H and O–H groups in total. The van der Waals surface area contributed by atoms with Crippen LogP contribution in [0.25, 0.3) is 10.8 Å². The Kier molecular flexibility index (Phi) is 2.74. The summed E-state index contributed by atoms with van der Waals surface area (Å²) in [5.41, 5.74) is 0.887. The van der Waals surface area contributed by atoms with Crippen molar-refractivity contribution in [1.29, 1.82) is 0 Å². The first-order chi connectivity index (χ1) is 6.81. The third-order valence-electron chi connectivity index (χ3n) is 1.64. The van der Waals surface area contributed by atoms with Gasteiger partial charge in [-0.25, -0.2) is 0 Å². The fourth-order valence-corrected chi connectivity index (χ4v) is 1.81. The van der Waals surface area contributed by atoms with Crippen molar-refractivity contribution in [3.8, 4) is 10.8 Å². The minimum absolute atomic E-state index is 0.107. The summed E-state index contributed by atoms with van der Waals surface area (Å²) >= 11 is 6.79. The van der Waals surface area contributed by atoms with E-state index in [2.05, 4.69) is 26.7 Å². The number of aryl methyl sites for hydroxylation is 1. The topological polar surface area (TPSA) is 64.7 Å². The van der Waals surface area contributed by atoms with Crippen molar-refractivity contribution in [3.05, 3.63) is 11.0 Å². The standard InChI is InChI=1S/C7H7ClN4OS/c1-2-3-4-5(14-12-10-4)6-9-7(8)11-13-6/h2-3H2,1H3. The molecule has 0 unspecified atom stereocenters. The van der Waals surface area contributed by atoms with Crippen molar-refractivity contribution in [1.82, 2.24) is 19.7 Å². The van der Waals surface area contributed by atoms with E-state index in [1.54, 1.807) is 0 Å². The molecule has 2 aromatic rings. The predicted octanol–water partition coefficient (Wildman–Crippen LogP) is 2.19. The lowest BCUT2D eigenvalue weighted by Crippen LogP contribution is -1.86. The first kappa shape index (κ1) is 9.54. The molecule has 0 fully saturated rings. The van der Waals surface area contributed by atoms with Gasteiger partial charge in [0, 0.05) is 0 Å². The van der Waals surface area contributed by atoms with Gasteiger partial charge in [-0.05, 0) is 34.7 Å². The molecule has 2 aromatic heterocycles. The molecule has 0 aliphatic carbocycles. The van der Waals surface area contributed by atoms with Gasteiger partial charge in [0.2, 0.25) is 0 Å². The van der Waals surface area contributed by atoms with Crippen LogP contribution in [0.5, 0.6) is 0 Å². The van der Waals surface area contributed by atoms with Crippen LogP contribution in [0.15, 0.2) is 4.52 Å². The molecule has 0 amide bonds. The summed E-state index contributed by atoms with van der Waals surface area (Å²) in [6.07, 6.45) is 1.85. The lowest BCUT2D eigenvalue weighted by molar-refractivity contribution is 0.431. The van der Waals surface area contributed by atoms with Crippen LogP contribution < -0.4 is 0 Å². The molecular weight excluding hydrogens is 224 g/mol. The van der Waals surface area contributed by atoms with Crippen molar-refractivity contribution in [3.63, 3.8) is 0 Å². The maximum Gasteiger partial charge on any atom is 0.272 e. The molecule has 2 heterocycles. The molecule has 74 valence electrons. The smallest absolute Gasteiger partial charge is 0.272 e. The number of nitrogens with zero attached hydrogens (tertiary/aromatic N) is 4. The van der Waals surface area contributed by atoms with Crippen LogP contribution in [-0.4, -0.2) is 19.7 Å². The van der Waals surface area contributed by atoms with Gasteiger partial charge < -0.3 is 4.52 Å². The highest BCUT2D eigenvalue weighted by Gasteiger charge is 2.15. The maximum absolute atomic E-state index is 5.55. The molecule has 2 rings (SSSR count). The number of rotatable bonds is 3. The van der Waals surface area contributed by atoms with Gasteiger partial charge in [0.25, 0.3) is 11.2 Å². The summed E-state index contributed by atoms with van der Waals surface area (Å²) in [7, 11) is 0. The Hall–Kier alpha value is -1.01. The first-order valence-electron chi connectivity index (χ1n) is 4.12. The summed E-state index contributed by atoms with van der Waals surface area (Å²) in [4.78, 5) is 4.73. The Balaban J connectivity index is 2.36. The zero-order valence-corrected chi connectivity index (χ0v) is 8.97. The van der Waals surface area contributed by atoms with Crippen LogP contribution in [-0.2, 0) is 6.42 Å². The second-order valence-electron chi connectivity index (χ2n) is 2.67. The van der Waals surface area contributed by atoms with Gasteiger partial charge in [-0.15, -0.1) is 5.10 Å². The fourth-order valence-electron chi connectivity index (χ4n) is 1.07. The van der Waals surface area contributed by atoms with Gasteiger partial charge in [0.1, 0.15) is 4.88 Å². The zero-order valence-electron chi connectivity index (χ0n) is 7.40. The number of halogens is 1. The molecule has 0 saturated heterocycles. The molecule has 5 nitrogen and oxygen atoms in total. The highest BCUT2D eigenvalue weighted by atomic mass is 35.5. The highest BCUT2D eigenvalue weighted by molar-refractivity contribution is 7.09. The Morgan fingerprint density at radius 3 is 3.00 bits per heavy atom. The molecule has 0 spiro atoms. The molecule has 0 aromatic carbocycles. The Morgan fingerprint density at radius 1 is 1.50 bits per heavy atom. The molecule has 0 aliphatic heterocycles. The van der Waals surface area contributed by atoms with Crippen LogP contribution in [0.2, 0.25) is 5.28 Å². The minimum Gasteiger partial charge on any atom is -0.332 e. The van der Waals surface area contributed by atoms with Crippen LogP contribution >= 0.6 is 23.1 Å². The SMILES string of the molecule is CCCc1nnsc1-c1nc(Cl)no1. The van der Waals surface area contributed by atoms with E-state index in [9.17, 15) is 0 Å². The molecule has 0 atom stereocenters. The summed E-state index contributed by atoms with van der Waals surface area (Å²) in [5, 5.41) is 7.60. The average Bonchev–Trinajstić information content (AvgIpc) is 2.74. The van der Waals surface area contributed by atoms with E-state index in [1.165, 1.54) is 11.5 Å². The largest absolute Gasteiger partial charge is 0.332 e. The van der Waals surface area contributed by atoms with E-state index < -0.39 is 0 Å². The molecule has 0 saturated carbocycles. The fraction of sp³-hybridized carbons (Fsp3) is 0.429. The van der Waals surface area contributed by atoms with Gasteiger partial charge >= 0.3 is 0 Å². The minimum atomic E-state index is 0.107. The third-order valence-corrected chi connectivity index (χ3v) is 2.55. The van der Waals surface area contributed by atoms with Crippen molar-refractivity contribution in [2.24, 2.45) is 0 Å². The van der Waals surface area contributed by atoms with Crippen molar-refractivity contribution >= 4 is 23.1 Å². The summed E-state index contributed by atoms with van der Waals surface area (Å²) < 4.78 is 8.78. The van der Waals surface area contributed by atoms with Crippen molar-refractivity contribution < 1.29 is 4.52 Å². The second kappa shape index (κ2) is 4.02. The lowest BCUT2D eigenvalue weighted by atomic mass is 10.2. The first-order valence-corrected chi connectivity index (χ1v) is 5.27. The Morgan fingerprint density at radius 2 is 2.36 bits per heavy atom. The average molecular weight is 231 g/mol. The molecule has 7 heteroatoms. The lowest BCUT2D eigenvalue weighted by Gasteiger charge is -1.91. The Bertz CT molecular complexity index is 427. The molecule has 14 heavy (non-hydrogen) atoms. The highest BCUT2D eigenvalue weighted by Crippen LogP contribution is 2.25. The number of hydrogen-bond acceptors (Lipinski definition) is 6. The second-order valence-corrected chi connectivity index (χ2v) is 3.76. The number of aromatic nitrogens is 4. The molecule has 0 bridgehead atoms. The van der Waals surface area contributed by atoms with E-state index in [1.807, 2.05) is 0 Å². The van der Waals surface area contributed by atoms with Gasteiger partial charge in [0.05, 0.1) is 5.69 Å². The molecular formula is C7H7ClN4OS. The van der Waals surface area contributed by atoms with E-state index >= 15 is 0 Å². The quantitative estimate of drug-likeness (QED) is 0.809. The third kappa shape index (κ3) is 1.76. The zero-order chi connectivity index (χ0) is 9.97. The summed E-state index contributed by atoms with van der Waals surface area (Å²) in [6, 6.07) is 0. The summed E-state index contributed by atoms with van der Waals surface area (Å²) in [5.74, 6) is 0.397. The van der Waals surface area contributed by atoms with E-state index in [0.717, 1.165) is 23.4 Å². The normalized spacial score (nSPS) is 10.7.